The molecule has 1 aliphatic carbocycles. The van der Waals surface area contributed by atoms with Gasteiger partial charge in [0.05, 0.1) is 0 Å². The Labute approximate surface area is 73.7 Å². The molecule has 0 saturated heterocycles. The lowest BCUT2D eigenvalue weighted by atomic mass is 10.1. The van der Waals surface area contributed by atoms with E-state index in [1.54, 1.807) is 0 Å². The van der Waals surface area contributed by atoms with Gasteiger partial charge in [0.1, 0.15) is 0 Å². The molecule has 0 aromatic rings. The highest BCUT2D eigenvalue weighted by atomic mass is 16.1. The molecule has 66 valence electrons. The first-order valence-corrected chi connectivity index (χ1v) is 4.56. The maximum atomic E-state index is 11.3. The van der Waals surface area contributed by atoms with Crippen molar-refractivity contribution in [3.05, 3.63) is 0 Å². The Bertz CT molecular complexity index is 187. The molecule has 1 N–H and O–H groups in total. The van der Waals surface area contributed by atoms with Crippen molar-refractivity contribution < 1.29 is 4.79 Å². The van der Waals surface area contributed by atoms with Crippen LogP contribution in [0, 0.1) is 18.3 Å². The highest BCUT2D eigenvalue weighted by Crippen LogP contribution is 2.24. The summed E-state index contributed by atoms with van der Waals surface area (Å²) in [4.78, 5) is 11.3. The summed E-state index contributed by atoms with van der Waals surface area (Å²) in [5.41, 5.74) is 0. The number of nitrogens with one attached hydrogen (secondary N) is 1. The molecule has 0 spiro atoms. The van der Waals surface area contributed by atoms with Crippen molar-refractivity contribution in [1.29, 1.82) is 0 Å². The molecule has 0 atom stereocenters. The van der Waals surface area contributed by atoms with Crippen molar-refractivity contribution >= 4 is 5.91 Å². The normalized spacial score (nSPS) is 17.2. The molecule has 12 heavy (non-hydrogen) atoms. The zero-order valence-electron chi connectivity index (χ0n) is 7.31. The Balaban J connectivity index is 2.15. The SMILES string of the molecule is C#CCCNC(=O)C1CCCC1. The van der Waals surface area contributed by atoms with Crippen LogP contribution in [-0.4, -0.2) is 12.5 Å². The summed E-state index contributed by atoms with van der Waals surface area (Å²) in [5.74, 6) is 2.96. The molecule has 1 fully saturated rings. The lowest BCUT2D eigenvalue weighted by Gasteiger charge is -2.08. The second-order valence-electron chi connectivity index (χ2n) is 3.23. The second kappa shape index (κ2) is 4.82. The average Bonchev–Trinajstić information content (AvgIpc) is 2.56. The summed E-state index contributed by atoms with van der Waals surface area (Å²) < 4.78 is 0. The van der Waals surface area contributed by atoms with Crippen molar-refractivity contribution in [2.75, 3.05) is 6.54 Å². The number of hydrogen-bond acceptors (Lipinski definition) is 1. The number of carbonyl (C=O) groups excluding carboxylic acids is 1. The van der Waals surface area contributed by atoms with Gasteiger partial charge in [0.15, 0.2) is 0 Å². The number of terminal acetylenes is 1. The fourth-order valence-electron chi connectivity index (χ4n) is 1.59. The van der Waals surface area contributed by atoms with Gasteiger partial charge in [-0.2, -0.15) is 0 Å². The van der Waals surface area contributed by atoms with Crippen LogP contribution >= 0.6 is 0 Å². The quantitative estimate of drug-likeness (QED) is 0.496. The summed E-state index contributed by atoms with van der Waals surface area (Å²) in [6.07, 6.45) is 10.2. The molecular weight excluding hydrogens is 150 g/mol. The molecule has 0 radical (unpaired) electrons. The highest BCUT2D eigenvalue weighted by Gasteiger charge is 2.21. The fourth-order valence-corrected chi connectivity index (χ4v) is 1.59. The van der Waals surface area contributed by atoms with Crippen molar-refractivity contribution in [2.45, 2.75) is 32.1 Å². The molecule has 1 aliphatic rings. The molecule has 1 saturated carbocycles. The minimum absolute atomic E-state index is 0.197. The molecule has 2 heteroatoms. The Morgan fingerprint density at radius 3 is 2.75 bits per heavy atom. The third-order valence-corrected chi connectivity index (χ3v) is 2.29. The maximum Gasteiger partial charge on any atom is 0.223 e. The van der Waals surface area contributed by atoms with Crippen LogP contribution in [0.3, 0.4) is 0 Å². The minimum Gasteiger partial charge on any atom is -0.355 e. The molecule has 0 aromatic heterocycles. The highest BCUT2D eigenvalue weighted by molar-refractivity contribution is 5.78. The molecule has 1 rings (SSSR count). The second-order valence-corrected chi connectivity index (χ2v) is 3.23. The molecule has 0 unspecified atom stereocenters. The van der Waals surface area contributed by atoms with Gasteiger partial charge < -0.3 is 5.32 Å². The van der Waals surface area contributed by atoms with Gasteiger partial charge in [-0.3, -0.25) is 4.79 Å². The van der Waals surface area contributed by atoms with Gasteiger partial charge in [0, 0.05) is 18.9 Å². The van der Waals surface area contributed by atoms with E-state index in [-0.39, 0.29) is 11.8 Å². The van der Waals surface area contributed by atoms with Crippen LogP contribution in [-0.2, 0) is 4.79 Å². The van der Waals surface area contributed by atoms with Gasteiger partial charge in [-0.25, -0.2) is 0 Å². The van der Waals surface area contributed by atoms with Crippen LogP contribution in [0.5, 0.6) is 0 Å². The van der Waals surface area contributed by atoms with Gasteiger partial charge in [0.25, 0.3) is 0 Å². The van der Waals surface area contributed by atoms with Gasteiger partial charge in [-0.05, 0) is 12.8 Å². The summed E-state index contributed by atoms with van der Waals surface area (Å²) >= 11 is 0. The zero-order chi connectivity index (χ0) is 8.81. The lowest BCUT2D eigenvalue weighted by molar-refractivity contribution is -0.124. The molecule has 0 aromatic carbocycles. The van der Waals surface area contributed by atoms with E-state index >= 15 is 0 Å². The summed E-state index contributed by atoms with van der Waals surface area (Å²) in [7, 11) is 0. The Morgan fingerprint density at radius 2 is 2.17 bits per heavy atom. The Hall–Kier alpha value is -0.970. The molecule has 0 aliphatic heterocycles. The average molecular weight is 165 g/mol. The van der Waals surface area contributed by atoms with Crippen LogP contribution in [0.2, 0.25) is 0 Å². The van der Waals surface area contributed by atoms with E-state index in [9.17, 15) is 4.79 Å². The lowest BCUT2D eigenvalue weighted by Crippen LogP contribution is -2.29. The van der Waals surface area contributed by atoms with Crippen LogP contribution in [0.15, 0.2) is 0 Å². The van der Waals surface area contributed by atoms with Gasteiger partial charge in [-0.15, -0.1) is 12.3 Å². The number of carbonyl (C=O) groups is 1. The van der Waals surface area contributed by atoms with Crippen LogP contribution < -0.4 is 5.32 Å². The first-order valence-electron chi connectivity index (χ1n) is 4.56. The topological polar surface area (TPSA) is 29.1 Å². The van der Waals surface area contributed by atoms with Crippen molar-refractivity contribution in [1.82, 2.24) is 5.32 Å². The summed E-state index contributed by atoms with van der Waals surface area (Å²) in [6.45, 7) is 0.631. The fraction of sp³-hybridized carbons (Fsp3) is 0.700. The number of rotatable bonds is 3. The predicted molar refractivity (Wildman–Crippen MR) is 48.4 cm³/mol. The van der Waals surface area contributed by atoms with E-state index in [0.717, 1.165) is 12.8 Å². The first kappa shape index (κ1) is 9.12. The van der Waals surface area contributed by atoms with Crippen LogP contribution in [0.1, 0.15) is 32.1 Å². The minimum atomic E-state index is 0.197. The smallest absolute Gasteiger partial charge is 0.223 e. The molecule has 0 bridgehead atoms. The Kier molecular flexibility index (Phi) is 3.66. The third-order valence-electron chi connectivity index (χ3n) is 2.29. The third kappa shape index (κ3) is 2.58. The van der Waals surface area contributed by atoms with Gasteiger partial charge >= 0.3 is 0 Å². The number of amides is 1. The van der Waals surface area contributed by atoms with E-state index in [1.807, 2.05) is 0 Å². The first-order chi connectivity index (χ1) is 5.84. The standard InChI is InChI=1S/C10H15NO/c1-2-3-8-11-10(12)9-6-4-5-7-9/h1,9H,3-8H2,(H,11,12). The van der Waals surface area contributed by atoms with Gasteiger partial charge in [0.2, 0.25) is 5.91 Å². The van der Waals surface area contributed by atoms with E-state index < -0.39 is 0 Å². The molecule has 2 nitrogen and oxygen atoms in total. The predicted octanol–water partition coefficient (Wildman–Crippen LogP) is 1.32. The summed E-state index contributed by atoms with van der Waals surface area (Å²) in [5, 5.41) is 2.84. The number of hydrogen-bond donors (Lipinski definition) is 1. The molecule has 0 heterocycles. The van der Waals surface area contributed by atoms with Crippen molar-refractivity contribution in [3.8, 4) is 12.3 Å². The summed E-state index contributed by atoms with van der Waals surface area (Å²) in [6, 6.07) is 0. The Morgan fingerprint density at radius 1 is 1.50 bits per heavy atom. The monoisotopic (exact) mass is 165 g/mol. The van der Waals surface area contributed by atoms with E-state index in [4.69, 9.17) is 6.42 Å². The van der Waals surface area contributed by atoms with Crippen LogP contribution in [0.4, 0.5) is 0 Å². The van der Waals surface area contributed by atoms with Crippen LogP contribution in [0.25, 0.3) is 0 Å². The van der Waals surface area contributed by atoms with Crippen molar-refractivity contribution in [3.63, 3.8) is 0 Å². The van der Waals surface area contributed by atoms with Gasteiger partial charge in [-0.1, -0.05) is 12.8 Å². The largest absolute Gasteiger partial charge is 0.355 e. The zero-order valence-corrected chi connectivity index (χ0v) is 7.31. The molecular formula is C10H15NO. The van der Waals surface area contributed by atoms with Crippen molar-refractivity contribution in [2.24, 2.45) is 5.92 Å². The maximum absolute atomic E-state index is 11.3. The molecule has 1 amide bonds. The van der Waals surface area contributed by atoms with E-state index in [1.165, 1.54) is 12.8 Å². The van der Waals surface area contributed by atoms with E-state index in [2.05, 4.69) is 11.2 Å². The van der Waals surface area contributed by atoms with E-state index in [0.29, 0.717) is 13.0 Å².